The Morgan fingerprint density at radius 2 is 2.04 bits per heavy atom. The molecular formula is C19H21N5O. The fraction of sp³-hybridized carbons (Fsp3) is 0.211. The average Bonchev–Trinajstić information content (AvgIpc) is 3.24. The summed E-state index contributed by atoms with van der Waals surface area (Å²) in [6, 6.07) is 13.7. The zero-order valence-electron chi connectivity index (χ0n) is 14.5. The first-order valence-electron chi connectivity index (χ1n) is 8.15. The van der Waals surface area contributed by atoms with Crippen LogP contribution in [-0.4, -0.2) is 26.9 Å². The summed E-state index contributed by atoms with van der Waals surface area (Å²) in [6.45, 7) is 4.30. The van der Waals surface area contributed by atoms with Gasteiger partial charge in [0.25, 0.3) is 5.91 Å². The van der Waals surface area contributed by atoms with Crippen LogP contribution in [0.2, 0.25) is 0 Å². The molecule has 0 bridgehead atoms. The minimum atomic E-state index is -0.331. The quantitative estimate of drug-likeness (QED) is 0.554. The molecule has 1 aromatic carbocycles. The molecule has 128 valence electrons. The van der Waals surface area contributed by atoms with Gasteiger partial charge in [0.1, 0.15) is 11.4 Å². The zero-order valence-corrected chi connectivity index (χ0v) is 14.5. The van der Waals surface area contributed by atoms with E-state index in [0.717, 1.165) is 11.3 Å². The van der Waals surface area contributed by atoms with Crippen LogP contribution in [0.4, 0.5) is 0 Å². The first-order chi connectivity index (χ1) is 12.0. The van der Waals surface area contributed by atoms with E-state index in [0.29, 0.717) is 17.3 Å². The minimum absolute atomic E-state index is 0.331. The Morgan fingerprint density at radius 3 is 2.68 bits per heavy atom. The number of benzene rings is 1. The SMILES string of the molecule is CC(C)c1ccc(/C=N/NC(=O)c2cc(-c3cccn3C)n[nH]2)cc1. The van der Waals surface area contributed by atoms with Crippen LogP contribution in [-0.2, 0) is 7.05 Å². The highest BCUT2D eigenvalue weighted by Gasteiger charge is 2.11. The molecule has 2 aromatic heterocycles. The van der Waals surface area contributed by atoms with Crippen molar-refractivity contribution < 1.29 is 4.79 Å². The van der Waals surface area contributed by atoms with Crippen molar-refractivity contribution in [3.8, 4) is 11.4 Å². The number of aromatic nitrogens is 3. The predicted molar refractivity (Wildman–Crippen MR) is 98.6 cm³/mol. The normalized spacial score (nSPS) is 11.4. The Hall–Kier alpha value is -3.15. The molecule has 0 atom stereocenters. The molecule has 2 N–H and O–H groups in total. The number of aryl methyl sites for hydroxylation is 1. The van der Waals surface area contributed by atoms with Gasteiger partial charge >= 0.3 is 0 Å². The van der Waals surface area contributed by atoms with E-state index < -0.39 is 0 Å². The van der Waals surface area contributed by atoms with Gasteiger partial charge in [-0.1, -0.05) is 38.1 Å². The smallest absolute Gasteiger partial charge is 0.289 e. The van der Waals surface area contributed by atoms with Crippen molar-refractivity contribution >= 4 is 12.1 Å². The number of aromatic amines is 1. The summed E-state index contributed by atoms with van der Waals surface area (Å²) in [4.78, 5) is 12.1. The van der Waals surface area contributed by atoms with Crippen molar-refractivity contribution in [2.45, 2.75) is 19.8 Å². The second-order valence-electron chi connectivity index (χ2n) is 6.19. The standard InChI is InChI=1S/C19H21N5O/c1-13(2)15-8-6-14(7-9-15)12-20-23-19(25)17-11-16(21-22-17)18-5-4-10-24(18)3/h4-13H,1-3H3,(H,21,22)(H,23,25)/b20-12+. The van der Waals surface area contributed by atoms with Crippen molar-refractivity contribution in [3.63, 3.8) is 0 Å². The number of carbonyl (C=O) groups is 1. The van der Waals surface area contributed by atoms with Gasteiger partial charge < -0.3 is 4.57 Å². The second-order valence-corrected chi connectivity index (χ2v) is 6.19. The van der Waals surface area contributed by atoms with Crippen molar-refractivity contribution in [1.82, 2.24) is 20.2 Å². The molecule has 6 nitrogen and oxygen atoms in total. The van der Waals surface area contributed by atoms with Crippen LogP contribution in [0.3, 0.4) is 0 Å². The highest BCUT2D eigenvalue weighted by molar-refractivity contribution is 5.94. The molecule has 0 aliphatic rings. The number of amides is 1. The Balaban J connectivity index is 1.63. The Labute approximate surface area is 146 Å². The first-order valence-corrected chi connectivity index (χ1v) is 8.15. The van der Waals surface area contributed by atoms with Crippen molar-refractivity contribution in [3.05, 3.63) is 65.5 Å². The average molecular weight is 335 g/mol. The van der Waals surface area contributed by atoms with E-state index in [9.17, 15) is 4.79 Å². The maximum absolute atomic E-state index is 12.1. The van der Waals surface area contributed by atoms with E-state index in [1.54, 1.807) is 12.3 Å². The van der Waals surface area contributed by atoms with Crippen LogP contribution in [0.1, 0.15) is 41.4 Å². The summed E-state index contributed by atoms with van der Waals surface area (Å²) in [7, 11) is 1.93. The molecule has 3 aromatic rings. The molecule has 0 saturated heterocycles. The van der Waals surface area contributed by atoms with E-state index in [1.807, 2.05) is 42.1 Å². The van der Waals surface area contributed by atoms with Crippen LogP contribution >= 0.6 is 0 Å². The topological polar surface area (TPSA) is 75.1 Å². The third-order valence-electron chi connectivity index (χ3n) is 4.01. The predicted octanol–water partition coefficient (Wildman–Crippen LogP) is 3.30. The van der Waals surface area contributed by atoms with Gasteiger partial charge in [-0.2, -0.15) is 10.2 Å². The van der Waals surface area contributed by atoms with Gasteiger partial charge in [-0.3, -0.25) is 9.89 Å². The molecule has 25 heavy (non-hydrogen) atoms. The van der Waals surface area contributed by atoms with Crippen molar-refractivity contribution in [2.24, 2.45) is 12.1 Å². The van der Waals surface area contributed by atoms with Gasteiger partial charge in [0.2, 0.25) is 0 Å². The van der Waals surface area contributed by atoms with Crippen molar-refractivity contribution in [1.29, 1.82) is 0 Å². The lowest BCUT2D eigenvalue weighted by molar-refractivity contribution is 0.0950. The first kappa shape index (κ1) is 16.7. The van der Waals surface area contributed by atoms with E-state index in [1.165, 1.54) is 5.56 Å². The molecular weight excluding hydrogens is 314 g/mol. The van der Waals surface area contributed by atoms with Crippen molar-refractivity contribution in [2.75, 3.05) is 0 Å². The molecule has 2 heterocycles. The Bertz CT molecular complexity index is 887. The molecule has 0 saturated carbocycles. The van der Waals surface area contributed by atoms with Gasteiger partial charge in [0, 0.05) is 13.2 Å². The summed E-state index contributed by atoms with van der Waals surface area (Å²) in [5.74, 6) is 0.160. The van der Waals surface area contributed by atoms with E-state index >= 15 is 0 Å². The van der Waals surface area contributed by atoms with Gasteiger partial charge in [-0.15, -0.1) is 0 Å². The summed E-state index contributed by atoms with van der Waals surface area (Å²) in [5.41, 5.74) is 6.72. The largest absolute Gasteiger partial charge is 0.349 e. The number of hydrogen-bond acceptors (Lipinski definition) is 3. The Kier molecular flexibility index (Phi) is 4.79. The number of H-pyrrole nitrogens is 1. The molecule has 0 aliphatic carbocycles. The van der Waals surface area contributed by atoms with Crippen LogP contribution in [0.5, 0.6) is 0 Å². The summed E-state index contributed by atoms with van der Waals surface area (Å²) < 4.78 is 1.94. The van der Waals surface area contributed by atoms with Crippen LogP contribution in [0.25, 0.3) is 11.4 Å². The lowest BCUT2D eigenvalue weighted by atomic mass is 10.0. The van der Waals surface area contributed by atoms with Gasteiger partial charge in [-0.05, 0) is 35.2 Å². The highest BCUT2D eigenvalue weighted by Crippen LogP contribution is 2.17. The fourth-order valence-electron chi connectivity index (χ4n) is 2.49. The van der Waals surface area contributed by atoms with Crippen LogP contribution in [0.15, 0.2) is 53.8 Å². The molecule has 1 amide bonds. The summed E-state index contributed by atoms with van der Waals surface area (Å²) >= 11 is 0. The number of nitrogens with one attached hydrogen (secondary N) is 2. The third-order valence-corrected chi connectivity index (χ3v) is 4.01. The number of rotatable bonds is 5. The molecule has 0 fully saturated rings. The molecule has 0 radical (unpaired) electrons. The van der Waals surface area contributed by atoms with E-state index in [-0.39, 0.29) is 5.91 Å². The third kappa shape index (κ3) is 3.85. The molecule has 6 heteroatoms. The van der Waals surface area contributed by atoms with Crippen LogP contribution < -0.4 is 5.43 Å². The number of nitrogens with zero attached hydrogens (tertiary/aromatic N) is 3. The van der Waals surface area contributed by atoms with Gasteiger partial charge in [-0.25, -0.2) is 5.43 Å². The van der Waals surface area contributed by atoms with Crippen LogP contribution in [0, 0.1) is 0 Å². The second kappa shape index (κ2) is 7.17. The Morgan fingerprint density at radius 1 is 1.28 bits per heavy atom. The summed E-state index contributed by atoms with van der Waals surface area (Å²) in [6.07, 6.45) is 3.55. The minimum Gasteiger partial charge on any atom is -0.349 e. The molecule has 0 spiro atoms. The maximum Gasteiger partial charge on any atom is 0.289 e. The maximum atomic E-state index is 12.1. The molecule has 0 aliphatic heterocycles. The van der Waals surface area contributed by atoms with Gasteiger partial charge in [0.15, 0.2) is 0 Å². The molecule has 3 rings (SSSR count). The summed E-state index contributed by atoms with van der Waals surface area (Å²) in [5, 5.41) is 10.9. The number of hydrogen-bond donors (Lipinski definition) is 2. The van der Waals surface area contributed by atoms with Gasteiger partial charge in [0.05, 0.1) is 11.9 Å². The lowest BCUT2D eigenvalue weighted by Gasteiger charge is -2.04. The highest BCUT2D eigenvalue weighted by atomic mass is 16.2. The van der Waals surface area contributed by atoms with E-state index in [4.69, 9.17) is 0 Å². The van der Waals surface area contributed by atoms with E-state index in [2.05, 4.69) is 46.7 Å². The zero-order chi connectivity index (χ0) is 17.8. The molecule has 0 unspecified atom stereocenters. The number of carbonyl (C=O) groups excluding carboxylic acids is 1. The monoisotopic (exact) mass is 335 g/mol. The number of hydrazone groups is 1. The fourth-order valence-corrected chi connectivity index (χ4v) is 2.49. The lowest BCUT2D eigenvalue weighted by Crippen LogP contribution is -2.18.